The monoisotopic (exact) mass is 336 g/mol. The summed E-state index contributed by atoms with van der Waals surface area (Å²) in [5.74, 6) is -0.604. The SMILES string of the molecule is O=C(c1cc(Br)ccc1Cl)C1CCS(=O)(=O)C1. The summed E-state index contributed by atoms with van der Waals surface area (Å²) in [6.45, 7) is 0. The van der Waals surface area contributed by atoms with Crippen LogP contribution in [0.1, 0.15) is 16.8 Å². The van der Waals surface area contributed by atoms with Crippen LogP contribution >= 0.6 is 27.5 Å². The largest absolute Gasteiger partial charge is 0.294 e. The second kappa shape index (κ2) is 4.71. The van der Waals surface area contributed by atoms with Gasteiger partial charge in [-0.1, -0.05) is 27.5 Å². The third-order valence-corrected chi connectivity index (χ3v) is 5.39. The molecule has 1 aromatic carbocycles. The van der Waals surface area contributed by atoms with Crippen LogP contribution in [0.5, 0.6) is 0 Å². The van der Waals surface area contributed by atoms with Crippen LogP contribution in [0.25, 0.3) is 0 Å². The average molecular weight is 338 g/mol. The van der Waals surface area contributed by atoms with Gasteiger partial charge >= 0.3 is 0 Å². The van der Waals surface area contributed by atoms with Gasteiger partial charge in [0.05, 0.1) is 16.5 Å². The van der Waals surface area contributed by atoms with Crippen LogP contribution in [0.3, 0.4) is 0 Å². The summed E-state index contributed by atoms with van der Waals surface area (Å²) in [7, 11) is -3.05. The highest BCUT2D eigenvalue weighted by Crippen LogP contribution is 2.28. The Kier molecular flexibility index (Phi) is 3.61. The Hall–Kier alpha value is -0.390. The maximum absolute atomic E-state index is 12.1. The van der Waals surface area contributed by atoms with E-state index in [2.05, 4.69) is 15.9 Å². The number of carbonyl (C=O) groups excluding carboxylic acids is 1. The Morgan fingerprint density at radius 1 is 1.41 bits per heavy atom. The summed E-state index contributed by atoms with van der Waals surface area (Å²) >= 11 is 9.22. The second-order valence-electron chi connectivity index (χ2n) is 4.09. The predicted octanol–water partition coefficient (Wildman–Crippen LogP) is 2.72. The minimum atomic E-state index is -3.05. The maximum atomic E-state index is 12.1. The number of sulfone groups is 1. The van der Waals surface area contributed by atoms with E-state index in [0.29, 0.717) is 17.0 Å². The zero-order valence-electron chi connectivity index (χ0n) is 8.82. The third kappa shape index (κ3) is 2.89. The van der Waals surface area contributed by atoms with Crippen molar-refractivity contribution in [1.82, 2.24) is 0 Å². The smallest absolute Gasteiger partial charge is 0.168 e. The van der Waals surface area contributed by atoms with Gasteiger partial charge in [-0.3, -0.25) is 4.79 Å². The fraction of sp³-hybridized carbons (Fsp3) is 0.364. The van der Waals surface area contributed by atoms with E-state index in [0.717, 1.165) is 4.47 Å². The van der Waals surface area contributed by atoms with Crippen LogP contribution in [0, 0.1) is 5.92 Å². The highest BCUT2D eigenvalue weighted by Gasteiger charge is 2.34. The molecule has 1 heterocycles. The van der Waals surface area contributed by atoms with E-state index < -0.39 is 15.8 Å². The van der Waals surface area contributed by atoms with Gasteiger partial charge in [-0.05, 0) is 24.6 Å². The quantitative estimate of drug-likeness (QED) is 0.780. The van der Waals surface area contributed by atoms with E-state index in [9.17, 15) is 13.2 Å². The molecule has 1 aliphatic rings. The van der Waals surface area contributed by atoms with E-state index in [4.69, 9.17) is 11.6 Å². The summed E-state index contributed by atoms with van der Waals surface area (Å²) in [4.78, 5) is 12.1. The van der Waals surface area contributed by atoms with Gasteiger partial charge in [0.2, 0.25) is 0 Å². The lowest BCUT2D eigenvalue weighted by molar-refractivity contribution is 0.0933. The highest BCUT2D eigenvalue weighted by atomic mass is 79.9. The number of halogens is 2. The van der Waals surface area contributed by atoms with E-state index in [1.54, 1.807) is 18.2 Å². The Bertz CT molecular complexity index is 568. The van der Waals surface area contributed by atoms with Gasteiger partial charge in [-0.25, -0.2) is 8.42 Å². The van der Waals surface area contributed by atoms with Crippen molar-refractivity contribution in [3.05, 3.63) is 33.3 Å². The number of carbonyl (C=O) groups is 1. The number of benzene rings is 1. The third-order valence-electron chi connectivity index (χ3n) is 2.80. The van der Waals surface area contributed by atoms with E-state index in [1.165, 1.54) is 0 Å². The first-order chi connectivity index (χ1) is 7.89. The lowest BCUT2D eigenvalue weighted by Gasteiger charge is -2.08. The first kappa shape index (κ1) is 13.1. The fourth-order valence-electron chi connectivity index (χ4n) is 1.91. The molecular formula is C11H10BrClO3S. The summed E-state index contributed by atoms with van der Waals surface area (Å²) in [6, 6.07) is 5.00. The van der Waals surface area contributed by atoms with Crippen molar-refractivity contribution < 1.29 is 13.2 Å². The van der Waals surface area contributed by atoms with E-state index in [1.807, 2.05) is 0 Å². The molecule has 6 heteroatoms. The molecule has 1 saturated heterocycles. The summed E-state index contributed by atoms with van der Waals surface area (Å²) < 4.78 is 23.4. The molecule has 3 nitrogen and oxygen atoms in total. The molecule has 2 rings (SSSR count). The average Bonchev–Trinajstić information content (AvgIpc) is 2.61. The Balaban J connectivity index is 2.29. The van der Waals surface area contributed by atoms with Gasteiger partial charge in [0.15, 0.2) is 15.6 Å². The fourth-order valence-corrected chi connectivity index (χ4v) is 4.22. The van der Waals surface area contributed by atoms with Crippen molar-refractivity contribution in [2.75, 3.05) is 11.5 Å². The van der Waals surface area contributed by atoms with Gasteiger partial charge in [0.1, 0.15) is 0 Å². The minimum Gasteiger partial charge on any atom is -0.294 e. The lowest BCUT2D eigenvalue weighted by Crippen LogP contribution is -2.16. The van der Waals surface area contributed by atoms with Crippen LogP contribution < -0.4 is 0 Å². The van der Waals surface area contributed by atoms with Gasteiger partial charge in [-0.15, -0.1) is 0 Å². The maximum Gasteiger partial charge on any atom is 0.168 e. The molecule has 0 spiro atoms. The molecule has 0 radical (unpaired) electrons. The van der Waals surface area contributed by atoms with E-state index in [-0.39, 0.29) is 17.3 Å². The van der Waals surface area contributed by atoms with Gasteiger partial charge in [0, 0.05) is 16.0 Å². The van der Waals surface area contributed by atoms with Crippen molar-refractivity contribution in [2.45, 2.75) is 6.42 Å². The number of hydrogen-bond donors (Lipinski definition) is 0. The van der Waals surface area contributed by atoms with E-state index >= 15 is 0 Å². The standard InChI is InChI=1S/C11H10BrClO3S/c12-8-1-2-10(13)9(5-8)11(14)7-3-4-17(15,16)6-7/h1-2,5,7H,3-4,6H2. The Labute approximate surface area is 113 Å². The van der Waals surface area contributed by atoms with Crippen LogP contribution in [0.15, 0.2) is 22.7 Å². The topological polar surface area (TPSA) is 51.2 Å². The molecule has 1 atom stereocenters. The van der Waals surface area contributed by atoms with Gasteiger partial charge in [-0.2, -0.15) is 0 Å². The summed E-state index contributed by atoms with van der Waals surface area (Å²) in [5, 5.41) is 0.363. The zero-order chi connectivity index (χ0) is 12.6. The molecule has 0 bridgehead atoms. The molecule has 17 heavy (non-hydrogen) atoms. The minimum absolute atomic E-state index is 0.0608. The van der Waals surface area contributed by atoms with Gasteiger partial charge in [0.25, 0.3) is 0 Å². The molecule has 0 aromatic heterocycles. The normalized spacial score (nSPS) is 22.6. The van der Waals surface area contributed by atoms with Crippen molar-refractivity contribution in [2.24, 2.45) is 5.92 Å². The molecular weight excluding hydrogens is 328 g/mol. The molecule has 1 fully saturated rings. The van der Waals surface area contributed by atoms with Crippen LogP contribution in [0.4, 0.5) is 0 Å². The number of ketones is 1. The summed E-state index contributed by atoms with van der Waals surface area (Å²) in [6.07, 6.45) is 0.393. The van der Waals surface area contributed by atoms with Crippen LogP contribution in [-0.2, 0) is 9.84 Å². The Morgan fingerprint density at radius 2 is 2.12 bits per heavy atom. The zero-order valence-corrected chi connectivity index (χ0v) is 12.0. The number of Topliss-reactive ketones (excluding diaryl/α,β-unsaturated/α-hetero) is 1. The molecule has 92 valence electrons. The highest BCUT2D eigenvalue weighted by molar-refractivity contribution is 9.10. The first-order valence-electron chi connectivity index (χ1n) is 5.09. The second-order valence-corrected chi connectivity index (χ2v) is 7.64. The molecule has 0 N–H and O–H groups in total. The first-order valence-corrected chi connectivity index (χ1v) is 8.08. The predicted molar refractivity (Wildman–Crippen MR) is 70.2 cm³/mol. The van der Waals surface area contributed by atoms with Gasteiger partial charge < -0.3 is 0 Å². The number of hydrogen-bond acceptors (Lipinski definition) is 3. The van der Waals surface area contributed by atoms with Crippen molar-refractivity contribution in [3.63, 3.8) is 0 Å². The van der Waals surface area contributed by atoms with Crippen molar-refractivity contribution in [1.29, 1.82) is 0 Å². The summed E-state index contributed by atoms with van der Waals surface area (Å²) in [5.41, 5.74) is 0.392. The molecule has 0 saturated carbocycles. The van der Waals surface area contributed by atoms with Crippen LogP contribution in [-0.4, -0.2) is 25.7 Å². The Morgan fingerprint density at radius 3 is 2.71 bits per heavy atom. The van der Waals surface area contributed by atoms with Crippen LogP contribution in [0.2, 0.25) is 5.02 Å². The molecule has 0 amide bonds. The molecule has 1 aromatic rings. The van der Waals surface area contributed by atoms with Crippen molar-refractivity contribution >= 4 is 43.2 Å². The molecule has 1 unspecified atom stereocenters. The molecule has 0 aliphatic carbocycles. The lowest BCUT2D eigenvalue weighted by atomic mass is 9.97. The molecule has 1 aliphatic heterocycles. The van der Waals surface area contributed by atoms with Crippen molar-refractivity contribution in [3.8, 4) is 0 Å². The number of rotatable bonds is 2.